The molecular weight excluding hydrogens is 356 g/mol. The minimum Gasteiger partial charge on any atom is -0.0605 e. The predicted molar refractivity (Wildman–Crippen MR) is 109 cm³/mol. The first-order chi connectivity index (χ1) is 11.2. The molecule has 24 heavy (non-hydrogen) atoms. The number of hydrogen-bond acceptors (Lipinski definition) is 0. The van der Waals surface area contributed by atoms with Gasteiger partial charge in [-0.3, -0.25) is 0 Å². The molecule has 126 valence electrons. The normalized spacial score (nSPS) is 19.0. The second kappa shape index (κ2) is 6.19. The maximum Gasteiger partial charge on any atom is 0.0181 e. The third kappa shape index (κ3) is 3.37. The Balaban J connectivity index is 2.04. The standard InChI is InChI=1S/C23H27Br/c1-16(18-7-6-8-19(24)15-18)13-17-9-10-20-21(14-17)23(4,5)12-11-22(20,2)3/h6-10,13-15H,11-12H2,1-5H3/b16-13+. The Hall–Kier alpha value is -1.34. The molecule has 0 N–H and O–H groups in total. The summed E-state index contributed by atoms with van der Waals surface area (Å²) < 4.78 is 1.13. The molecule has 0 bridgehead atoms. The van der Waals surface area contributed by atoms with Gasteiger partial charge in [-0.15, -0.1) is 0 Å². The van der Waals surface area contributed by atoms with Crippen molar-refractivity contribution in [1.29, 1.82) is 0 Å². The smallest absolute Gasteiger partial charge is 0.0181 e. The Morgan fingerprint density at radius 3 is 2.25 bits per heavy atom. The summed E-state index contributed by atoms with van der Waals surface area (Å²) in [6.45, 7) is 11.7. The van der Waals surface area contributed by atoms with Crippen molar-refractivity contribution in [2.45, 2.75) is 58.3 Å². The van der Waals surface area contributed by atoms with Crippen LogP contribution in [0.15, 0.2) is 46.9 Å². The molecule has 0 heterocycles. The van der Waals surface area contributed by atoms with Gasteiger partial charge < -0.3 is 0 Å². The minimum atomic E-state index is 0.262. The van der Waals surface area contributed by atoms with Crippen LogP contribution in [0, 0.1) is 0 Å². The van der Waals surface area contributed by atoms with E-state index in [9.17, 15) is 0 Å². The molecule has 0 aromatic heterocycles. The first-order valence-corrected chi connectivity index (χ1v) is 9.58. The largest absolute Gasteiger partial charge is 0.0605 e. The Kier molecular flexibility index (Phi) is 4.51. The molecule has 3 rings (SSSR count). The SMILES string of the molecule is C/C(=C\c1ccc2c(c1)C(C)(C)CCC2(C)C)c1cccc(Br)c1. The number of rotatable bonds is 2. The molecule has 0 fully saturated rings. The third-order valence-electron chi connectivity index (χ3n) is 5.54. The average molecular weight is 383 g/mol. The first kappa shape index (κ1) is 17.5. The molecule has 0 aliphatic heterocycles. The Labute approximate surface area is 155 Å². The lowest BCUT2D eigenvalue weighted by Gasteiger charge is -2.42. The molecule has 0 spiro atoms. The summed E-state index contributed by atoms with van der Waals surface area (Å²) in [6, 6.07) is 15.6. The van der Waals surface area contributed by atoms with Crippen LogP contribution < -0.4 is 0 Å². The van der Waals surface area contributed by atoms with Gasteiger partial charge in [-0.25, -0.2) is 0 Å². The zero-order chi connectivity index (χ0) is 17.5. The lowest BCUT2D eigenvalue weighted by Crippen LogP contribution is -2.33. The molecule has 0 unspecified atom stereocenters. The molecule has 0 saturated heterocycles. The zero-order valence-corrected chi connectivity index (χ0v) is 17.0. The van der Waals surface area contributed by atoms with Gasteiger partial charge in [0.05, 0.1) is 0 Å². The van der Waals surface area contributed by atoms with Crippen LogP contribution in [0.25, 0.3) is 11.6 Å². The number of allylic oxidation sites excluding steroid dienone is 1. The molecule has 1 aliphatic carbocycles. The summed E-state index contributed by atoms with van der Waals surface area (Å²) >= 11 is 3.57. The number of halogens is 1. The molecule has 0 radical (unpaired) electrons. The van der Waals surface area contributed by atoms with E-state index in [1.54, 1.807) is 0 Å². The lowest BCUT2D eigenvalue weighted by atomic mass is 9.63. The van der Waals surface area contributed by atoms with Crippen LogP contribution in [-0.2, 0) is 10.8 Å². The average Bonchev–Trinajstić information content (AvgIpc) is 2.52. The Bertz CT molecular complexity index is 793. The van der Waals surface area contributed by atoms with Crippen molar-refractivity contribution in [1.82, 2.24) is 0 Å². The van der Waals surface area contributed by atoms with Crippen LogP contribution in [0.1, 0.15) is 69.7 Å². The summed E-state index contributed by atoms with van der Waals surface area (Å²) in [5.41, 5.74) is 7.46. The van der Waals surface area contributed by atoms with Crippen LogP contribution in [-0.4, -0.2) is 0 Å². The number of hydrogen-bond donors (Lipinski definition) is 0. The second-order valence-electron chi connectivity index (χ2n) is 8.41. The summed E-state index contributed by atoms with van der Waals surface area (Å²) in [7, 11) is 0. The van der Waals surface area contributed by atoms with Crippen LogP contribution in [0.4, 0.5) is 0 Å². The molecule has 1 aliphatic rings. The predicted octanol–water partition coefficient (Wildman–Crippen LogP) is 7.36. The lowest BCUT2D eigenvalue weighted by molar-refractivity contribution is 0.332. The van der Waals surface area contributed by atoms with Crippen LogP contribution in [0.5, 0.6) is 0 Å². The quantitative estimate of drug-likeness (QED) is 0.475. The fraction of sp³-hybridized carbons (Fsp3) is 0.391. The van der Waals surface area contributed by atoms with E-state index in [4.69, 9.17) is 0 Å². The molecular formula is C23H27Br. The van der Waals surface area contributed by atoms with Gasteiger partial charge in [-0.05, 0) is 70.6 Å². The van der Waals surface area contributed by atoms with Gasteiger partial charge in [-0.1, -0.05) is 80.0 Å². The highest BCUT2D eigenvalue weighted by molar-refractivity contribution is 9.10. The molecule has 1 heteroatoms. The first-order valence-electron chi connectivity index (χ1n) is 8.78. The summed E-state index contributed by atoms with van der Waals surface area (Å²) in [4.78, 5) is 0. The van der Waals surface area contributed by atoms with Gasteiger partial charge in [0.1, 0.15) is 0 Å². The van der Waals surface area contributed by atoms with Gasteiger partial charge in [0.25, 0.3) is 0 Å². The fourth-order valence-corrected chi connectivity index (χ4v) is 4.16. The third-order valence-corrected chi connectivity index (χ3v) is 6.03. The van der Waals surface area contributed by atoms with E-state index < -0.39 is 0 Å². The maximum absolute atomic E-state index is 3.57. The molecule has 2 aromatic rings. The van der Waals surface area contributed by atoms with Crippen LogP contribution in [0.2, 0.25) is 0 Å². The topological polar surface area (TPSA) is 0 Å². The highest BCUT2D eigenvalue weighted by atomic mass is 79.9. The van der Waals surface area contributed by atoms with Crippen LogP contribution >= 0.6 is 15.9 Å². The van der Waals surface area contributed by atoms with Crippen molar-refractivity contribution < 1.29 is 0 Å². The minimum absolute atomic E-state index is 0.262. The highest BCUT2D eigenvalue weighted by Gasteiger charge is 2.36. The fourth-order valence-electron chi connectivity index (χ4n) is 3.76. The van der Waals surface area contributed by atoms with Gasteiger partial charge in [0.15, 0.2) is 0 Å². The Morgan fingerprint density at radius 1 is 0.917 bits per heavy atom. The maximum atomic E-state index is 3.57. The van der Waals surface area contributed by atoms with Gasteiger partial charge in [-0.2, -0.15) is 0 Å². The van der Waals surface area contributed by atoms with Crippen molar-refractivity contribution in [2.75, 3.05) is 0 Å². The monoisotopic (exact) mass is 382 g/mol. The van der Waals surface area contributed by atoms with Crippen molar-refractivity contribution >= 4 is 27.6 Å². The molecule has 0 atom stereocenters. The van der Waals surface area contributed by atoms with E-state index in [1.165, 1.54) is 40.7 Å². The van der Waals surface area contributed by atoms with E-state index in [0.29, 0.717) is 0 Å². The summed E-state index contributed by atoms with van der Waals surface area (Å²) in [5, 5.41) is 0. The molecule has 0 nitrogen and oxygen atoms in total. The van der Waals surface area contributed by atoms with Gasteiger partial charge in [0.2, 0.25) is 0 Å². The zero-order valence-electron chi connectivity index (χ0n) is 15.4. The summed E-state index contributed by atoms with van der Waals surface area (Å²) in [6.07, 6.45) is 4.82. The van der Waals surface area contributed by atoms with Crippen LogP contribution in [0.3, 0.4) is 0 Å². The molecule has 0 saturated carbocycles. The number of fused-ring (bicyclic) bond motifs is 1. The van der Waals surface area contributed by atoms with Gasteiger partial charge in [0, 0.05) is 4.47 Å². The van der Waals surface area contributed by atoms with Gasteiger partial charge >= 0.3 is 0 Å². The summed E-state index contributed by atoms with van der Waals surface area (Å²) in [5.74, 6) is 0. The van der Waals surface area contributed by atoms with E-state index in [2.05, 4.69) is 99.1 Å². The van der Waals surface area contributed by atoms with Crippen molar-refractivity contribution in [3.8, 4) is 0 Å². The van der Waals surface area contributed by atoms with Crippen molar-refractivity contribution in [2.24, 2.45) is 0 Å². The number of benzene rings is 2. The van der Waals surface area contributed by atoms with Crippen molar-refractivity contribution in [3.05, 3.63) is 69.2 Å². The van der Waals surface area contributed by atoms with E-state index >= 15 is 0 Å². The van der Waals surface area contributed by atoms with Crippen molar-refractivity contribution in [3.63, 3.8) is 0 Å². The Morgan fingerprint density at radius 2 is 1.58 bits per heavy atom. The van der Waals surface area contributed by atoms with E-state index in [0.717, 1.165) is 4.47 Å². The van der Waals surface area contributed by atoms with E-state index in [1.807, 2.05) is 0 Å². The highest BCUT2D eigenvalue weighted by Crippen LogP contribution is 2.46. The second-order valence-corrected chi connectivity index (χ2v) is 9.33. The van der Waals surface area contributed by atoms with E-state index in [-0.39, 0.29) is 10.8 Å². The molecule has 2 aromatic carbocycles. The molecule has 0 amide bonds.